The van der Waals surface area contributed by atoms with Gasteiger partial charge in [0.25, 0.3) is 0 Å². The predicted molar refractivity (Wildman–Crippen MR) is 59.9 cm³/mol. The first-order chi connectivity index (χ1) is 7.71. The third kappa shape index (κ3) is 2.74. The van der Waals surface area contributed by atoms with Gasteiger partial charge in [-0.3, -0.25) is 0 Å². The SMILES string of the molecule is NC1(C(=O)OC2CCCCCC2)CCOC1. The Morgan fingerprint density at radius 1 is 1.25 bits per heavy atom. The van der Waals surface area contributed by atoms with Crippen LogP contribution in [0.1, 0.15) is 44.9 Å². The van der Waals surface area contributed by atoms with Crippen LogP contribution in [0.4, 0.5) is 0 Å². The lowest BCUT2D eigenvalue weighted by atomic mass is 10.0. The van der Waals surface area contributed by atoms with Crippen molar-refractivity contribution in [2.75, 3.05) is 13.2 Å². The first kappa shape index (κ1) is 11.9. The minimum Gasteiger partial charge on any atom is -0.461 e. The first-order valence-corrected chi connectivity index (χ1v) is 6.28. The molecule has 1 saturated heterocycles. The van der Waals surface area contributed by atoms with Crippen molar-refractivity contribution >= 4 is 5.97 Å². The molecule has 1 atom stereocenters. The fourth-order valence-electron chi connectivity index (χ4n) is 2.37. The van der Waals surface area contributed by atoms with Crippen molar-refractivity contribution < 1.29 is 14.3 Å². The maximum atomic E-state index is 11.9. The molecule has 0 spiro atoms. The zero-order chi connectivity index (χ0) is 11.4. The van der Waals surface area contributed by atoms with Crippen molar-refractivity contribution in [3.63, 3.8) is 0 Å². The smallest absolute Gasteiger partial charge is 0.328 e. The molecule has 1 unspecified atom stereocenters. The molecule has 0 bridgehead atoms. The van der Waals surface area contributed by atoms with Gasteiger partial charge in [-0.15, -0.1) is 0 Å². The number of carbonyl (C=O) groups is 1. The zero-order valence-electron chi connectivity index (χ0n) is 9.74. The molecule has 16 heavy (non-hydrogen) atoms. The summed E-state index contributed by atoms with van der Waals surface area (Å²) < 4.78 is 10.7. The zero-order valence-corrected chi connectivity index (χ0v) is 9.74. The van der Waals surface area contributed by atoms with E-state index in [2.05, 4.69) is 0 Å². The van der Waals surface area contributed by atoms with Crippen LogP contribution >= 0.6 is 0 Å². The highest BCUT2D eigenvalue weighted by molar-refractivity contribution is 5.81. The molecule has 0 aromatic rings. The highest BCUT2D eigenvalue weighted by atomic mass is 16.6. The van der Waals surface area contributed by atoms with Crippen LogP contribution in [0.3, 0.4) is 0 Å². The van der Waals surface area contributed by atoms with Crippen molar-refractivity contribution in [1.82, 2.24) is 0 Å². The van der Waals surface area contributed by atoms with Gasteiger partial charge in [-0.2, -0.15) is 0 Å². The third-order valence-electron chi connectivity index (χ3n) is 3.53. The van der Waals surface area contributed by atoms with Gasteiger partial charge >= 0.3 is 5.97 Å². The lowest BCUT2D eigenvalue weighted by Crippen LogP contribution is -2.50. The molecule has 2 fully saturated rings. The molecule has 0 aromatic carbocycles. The Morgan fingerprint density at radius 2 is 1.94 bits per heavy atom. The molecule has 0 aromatic heterocycles. The first-order valence-electron chi connectivity index (χ1n) is 6.28. The second-order valence-electron chi connectivity index (χ2n) is 4.98. The van der Waals surface area contributed by atoms with E-state index in [-0.39, 0.29) is 12.1 Å². The molecule has 1 aliphatic carbocycles. The summed E-state index contributed by atoms with van der Waals surface area (Å²) in [6.07, 6.45) is 7.47. The summed E-state index contributed by atoms with van der Waals surface area (Å²) in [4.78, 5) is 11.9. The van der Waals surface area contributed by atoms with E-state index in [4.69, 9.17) is 15.2 Å². The Morgan fingerprint density at radius 3 is 2.50 bits per heavy atom. The fraction of sp³-hybridized carbons (Fsp3) is 0.917. The minimum atomic E-state index is -0.883. The highest BCUT2D eigenvalue weighted by Gasteiger charge is 2.40. The third-order valence-corrected chi connectivity index (χ3v) is 3.53. The Hall–Kier alpha value is -0.610. The van der Waals surface area contributed by atoms with Crippen molar-refractivity contribution in [2.24, 2.45) is 5.73 Å². The summed E-state index contributed by atoms with van der Waals surface area (Å²) in [7, 11) is 0. The number of esters is 1. The van der Waals surface area contributed by atoms with Gasteiger partial charge in [-0.1, -0.05) is 12.8 Å². The van der Waals surface area contributed by atoms with Gasteiger partial charge in [-0.05, 0) is 25.7 Å². The number of nitrogens with two attached hydrogens (primary N) is 1. The van der Waals surface area contributed by atoms with Crippen LogP contribution in [0.2, 0.25) is 0 Å². The standard InChI is InChI=1S/C12H21NO3/c13-12(7-8-15-9-12)11(14)16-10-5-3-1-2-4-6-10/h10H,1-9,13H2. The molecule has 1 aliphatic heterocycles. The van der Waals surface area contributed by atoms with E-state index in [0.717, 1.165) is 25.7 Å². The van der Waals surface area contributed by atoms with E-state index >= 15 is 0 Å². The monoisotopic (exact) mass is 227 g/mol. The summed E-state index contributed by atoms with van der Waals surface area (Å²) in [6, 6.07) is 0. The van der Waals surface area contributed by atoms with Crippen LogP contribution in [0, 0.1) is 0 Å². The van der Waals surface area contributed by atoms with Gasteiger partial charge in [0.1, 0.15) is 11.6 Å². The number of hydrogen-bond donors (Lipinski definition) is 1. The maximum Gasteiger partial charge on any atom is 0.328 e. The maximum absolute atomic E-state index is 11.9. The van der Waals surface area contributed by atoms with Gasteiger partial charge in [0.15, 0.2) is 0 Å². The topological polar surface area (TPSA) is 61.6 Å². The quantitative estimate of drug-likeness (QED) is 0.571. The van der Waals surface area contributed by atoms with Crippen molar-refractivity contribution in [1.29, 1.82) is 0 Å². The predicted octanol–water partition coefficient (Wildman–Crippen LogP) is 1.37. The van der Waals surface area contributed by atoms with Crippen LogP contribution in [-0.2, 0) is 14.3 Å². The van der Waals surface area contributed by atoms with Gasteiger partial charge in [0.2, 0.25) is 0 Å². The summed E-state index contributed by atoms with van der Waals surface area (Å²) in [5.41, 5.74) is 5.08. The molecule has 2 N–H and O–H groups in total. The molecule has 0 radical (unpaired) electrons. The van der Waals surface area contributed by atoms with Crippen LogP contribution < -0.4 is 5.73 Å². The van der Waals surface area contributed by atoms with Gasteiger partial charge in [0, 0.05) is 13.0 Å². The normalized spacial score (nSPS) is 32.3. The van der Waals surface area contributed by atoms with Crippen LogP contribution in [0.25, 0.3) is 0 Å². The van der Waals surface area contributed by atoms with E-state index in [1.54, 1.807) is 0 Å². The highest BCUT2D eigenvalue weighted by Crippen LogP contribution is 2.23. The molecule has 0 amide bonds. The molecule has 92 valence electrons. The number of ether oxygens (including phenoxy) is 2. The Bertz CT molecular complexity index is 241. The average Bonchev–Trinajstić information content (AvgIpc) is 2.56. The molecule has 2 aliphatic rings. The number of carbonyl (C=O) groups excluding carboxylic acids is 1. The van der Waals surface area contributed by atoms with E-state index in [1.807, 2.05) is 0 Å². The van der Waals surface area contributed by atoms with Gasteiger partial charge in [0.05, 0.1) is 6.61 Å². The number of rotatable bonds is 2. The van der Waals surface area contributed by atoms with Crippen molar-refractivity contribution in [3.8, 4) is 0 Å². The summed E-state index contributed by atoms with van der Waals surface area (Å²) in [5, 5.41) is 0. The Labute approximate surface area is 96.5 Å². The fourth-order valence-corrected chi connectivity index (χ4v) is 2.37. The molecular formula is C12H21NO3. The van der Waals surface area contributed by atoms with Crippen molar-refractivity contribution in [2.45, 2.75) is 56.6 Å². The second-order valence-corrected chi connectivity index (χ2v) is 4.98. The summed E-state index contributed by atoms with van der Waals surface area (Å²) in [5.74, 6) is -0.267. The van der Waals surface area contributed by atoms with E-state index in [1.165, 1.54) is 12.8 Å². The van der Waals surface area contributed by atoms with E-state index in [9.17, 15) is 4.79 Å². The molecule has 1 saturated carbocycles. The van der Waals surface area contributed by atoms with E-state index in [0.29, 0.717) is 19.6 Å². The minimum absolute atomic E-state index is 0.0797. The largest absolute Gasteiger partial charge is 0.461 e. The van der Waals surface area contributed by atoms with Crippen LogP contribution in [-0.4, -0.2) is 30.8 Å². The van der Waals surface area contributed by atoms with Crippen molar-refractivity contribution in [3.05, 3.63) is 0 Å². The molecule has 1 heterocycles. The lowest BCUT2D eigenvalue weighted by Gasteiger charge is -2.23. The van der Waals surface area contributed by atoms with Gasteiger partial charge < -0.3 is 15.2 Å². The van der Waals surface area contributed by atoms with E-state index < -0.39 is 5.54 Å². The van der Waals surface area contributed by atoms with Crippen LogP contribution in [0.5, 0.6) is 0 Å². The molecule has 4 nitrogen and oxygen atoms in total. The summed E-state index contributed by atoms with van der Waals surface area (Å²) in [6.45, 7) is 0.870. The Balaban J connectivity index is 1.85. The second kappa shape index (κ2) is 5.15. The molecular weight excluding hydrogens is 206 g/mol. The molecule has 4 heteroatoms. The van der Waals surface area contributed by atoms with Gasteiger partial charge in [-0.25, -0.2) is 4.79 Å². The van der Waals surface area contributed by atoms with Crippen LogP contribution in [0.15, 0.2) is 0 Å². The summed E-state index contributed by atoms with van der Waals surface area (Å²) >= 11 is 0. The Kier molecular flexibility index (Phi) is 3.82. The average molecular weight is 227 g/mol. The lowest BCUT2D eigenvalue weighted by molar-refractivity contribution is -0.156. The molecule has 2 rings (SSSR count). The number of hydrogen-bond acceptors (Lipinski definition) is 4.